The molecule has 2 heterocycles. The number of hydrogen-bond donors (Lipinski definition) is 1. The fraction of sp³-hybridized carbons (Fsp3) is 0.292. The van der Waals surface area contributed by atoms with Gasteiger partial charge in [-0.25, -0.2) is 4.98 Å². The number of hydrogen-bond acceptors (Lipinski definition) is 5. The Morgan fingerprint density at radius 2 is 1.97 bits per heavy atom. The number of esters is 1. The molecular formula is C24H25N3O3. The number of likely N-dealkylation sites (tertiary alicyclic amines) is 1. The first-order chi connectivity index (χ1) is 14.5. The number of carbonyl (C=O) groups excluding carboxylic acids is 2. The van der Waals surface area contributed by atoms with Gasteiger partial charge in [0.15, 0.2) is 0 Å². The van der Waals surface area contributed by atoms with Crippen LogP contribution in [-0.4, -0.2) is 47.5 Å². The molecule has 1 N–H and O–H groups in total. The molecular weight excluding hydrogens is 378 g/mol. The summed E-state index contributed by atoms with van der Waals surface area (Å²) in [7, 11) is 1.40. The van der Waals surface area contributed by atoms with Gasteiger partial charge in [0.25, 0.3) is 5.91 Å². The van der Waals surface area contributed by atoms with Gasteiger partial charge in [-0.15, -0.1) is 0 Å². The minimum atomic E-state index is -0.384. The van der Waals surface area contributed by atoms with Crippen molar-refractivity contribution >= 4 is 22.8 Å². The number of ether oxygens (including phenoxy) is 1. The molecule has 1 saturated heterocycles. The van der Waals surface area contributed by atoms with Crippen LogP contribution in [0.4, 0.5) is 0 Å². The molecule has 0 spiro atoms. The maximum absolute atomic E-state index is 12.8. The van der Waals surface area contributed by atoms with Gasteiger partial charge in [-0.1, -0.05) is 54.1 Å². The molecule has 2 aromatic carbocycles. The number of rotatable bonds is 5. The highest BCUT2D eigenvalue weighted by Gasteiger charge is 2.38. The molecule has 0 radical (unpaired) electrons. The summed E-state index contributed by atoms with van der Waals surface area (Å²) in [5.74, 6) is -0.505. The molecule has 1 fully saturated rings. The third-order valence-electron chi connectivity index (χ3n) is 5.51. The average molecular weight is 403 g/mol. The number of fused-ring (bicyclic) bond motifs is 1. The summed E-state index contributed by atoms with van der Waals surface area (Å²) in [6.07, 6.45) is 0.512. The number of nitrogens with one attached hydrogen (secondary N) is 1. The lowest BCUT2D eigenvalue weighted by molar-refractivity contribution is -0.146. The van der Waals surface area contributed by atoms with E-state index in [1.54, 1.807) is 6.07 Å². The number of nitrogens with zero attached hydrogens (tertiary/aromatic N) is 2. The van der Waals surface area contributed by atoms with E-state index in [2.05, 4.69) is 21.3 Å². The van der Waals surface area contributed by atoms with E-state index in [9.17, 15) is 9.59 Å². The van der Waals surface area contributed by atoms with E-state index in [0.717, 1.165) is 16.5 Å². The van der Waals surface area contributed by atoms with Crippen molar-refractivity contribution in [2.24, 2.45) is 0 Å². The Bertz CT molecular complexity index is 1080. The highest BCUT2D eigenvalue weighted by atomic mass is 16.5. The molecule has 6 heteroatoms. The van der Waals surface area contributed by atoms with E-state index >= 15 is 0 Å². The standard InChI is InChI=1S/C24H25N3O3/c1-16-6-5-7-17(12-16)14-27-15-19(13-22(27)24(29)30-2)25-23(28)21-11-10-18-8-3-4-9-20(18)26-21/h3-12,19,22H,13-15H2,1-2H3,(H,25,28)/t19-,22+/m1/s1. The Labute approximate surface area is 175 Å². The van der Waals surface area contributed by atoms with Crippen LogP contribution in [0, 0.1) is 6.92 Å². The number of benzene rings is 2. The number of aryl methyl sites for hydroxylation is 1. The summed E-state index contributed by atoms with van der Waals surface area (Å²) in [4.78, 5) is 31.7. The van der Waals surface area contributed by atoms with Gasteiger partial charge in [0, 0.05) is 24.5 Å². The maximum atomic E-state index is 12.8. The van der Waals surface area contributed by atoms with Crippen molar-refractivity contribution in [2.75, 3.05) is 13.7 Å². The van der Waals surface area contributed by atoms with E-state index in [-0.39, 0.29) is 24.0 Å². The Morgan fingerprint density at radius 3 is 2.77 bits per heavy atom. The second kappa shape index (κ2) is 8.63. The minimum Gasteiger partial charge on any atom is -0.468 e. The van der Waals surface area contributed by atoms with E-state index in [4.69, 9.17) is 4.74 Å². The molecule has 3 aromatic rings. The first-order valence-electron chi connectivity index (χ1n) is 10.1. The number of methoxy groups -OCH3 is 1. The summed E-state index contributed by atoms with van der Waals surface area (Å²) >= 11 is 0. The van der Waals surface area contributed by atoms with Crippen LogP contribution < -0.4 is 5.32 Å². The molecule has 1 amide bonds. The van der Waals surface area contributed by atoms with E-state index in [1.165, 1.54) is 12.7 Å². The maximum Gasteiger partial charge on any atom is 0.323 e. The zero-order valence-electron chi connectivity index (χ0n) is 17.2. The number of pyridine rings is 1. The van der Waals surface area contributed by atoms with E-state index in [1.807, 2.05) is 55.5 Å². The summed E-state index contributed by atoms with van der Waals surface area (Å²) in [6, 6.07) is 19.0. The van der Waals surface area contributed by atoms with Crippen LogP contribution in [0.2, 0.25) is 0 Å². The molecule has 154 valence electrons. The fourth-order valence-corrected chi connectivity index (χ4v) is 4.06. The predicted molar refractivity (Wildman–Crippen MR) is 115 cm³/mol. The van der Waals surface area contributed by atoms with Gasteiger partial charge in [0.05, 0.1) is 12.6 Å². The van der Waals surface area contributed by atoms with E-state index in [0.29, 0.717) is 25.2 Å². The van der Waals surface area contributed by atoms with Gasteiger partial charge in [0.1, 0.15) is 11.7 Å². The summed E-state index contributed by atoms with van der Waals surface area (Å²) in [5, 5.41) is 4.04. The zero-order chi connectivity index (χ0) is 21.1. The molecule has 2 atom stereocenters. The van der Waals surface area contributed by atoms with Gasteiger partial charge in [0.2, 0.25) is 0 Å². The highest BCUT2D eigenvalue weighted by Crippen LogP contribution is 2.23. The van der Waals surface area contributed by atoms with Crippen LogP contribution in [0.3, 0.4) is 0 Å². The molecule has 4 rings (SSSR count). The number of carbonyl (C=O) groups is 2. The molecule has 0 saturated carbocycles. The molecule has 1 aromatic heterocycles. The fourth-order valence-electron chi connectivity index (χ4n) is 4.06. The largest absolute Gasteiger partial charge is 0.468 e. The SMILES string of the molecule is COC(=O)[C@@H]1C[C@@H](NC(=O)c2ccc3ccccc3n2)CN1Cc1cccc(C)c1. The van der Waals surface area contributed by atoms with E-state index < -0.39 is 0 Å². The lowest BCUT2D eigenvalue weighted by Gasteiger charge is -2.22. The van der Waals surface area contributed by atoms with Gasteiger partial charge >= 0.3 is 5.97 Å². The number of aromatic nitrogens is 1. The summed E-state index contributed by atoms with van der Waals surface area (Å²) < 4.78 is 5.01. The lowest BCUT2D eigenvalue weighted by Crippen LogP contribution is -2.38. The van der Waals surface area contributed by atoms with Crippen LogP contribution in [-0.2, 0) is 16.1 Å². The highest BCUT2D eigenvalue weighted by molar-refractivity contribution is 5.95. The third kappa shape index (κ3) is 4.33. The van der Waals surface area contributed by atoms with Gasteiger partial charge in [-0.3, -0.25) is 14.5 Å². The molecule has 1 aliphatic rings. The summed E-state index contributed by atoms with van der Waals surface area (Å²) in [5.41, 5.74) is 3.46. The van der Waals surface area contributed by atoms with Crippen molar-refractivity contribution in [3.63, 3.8) is 0 Å². The second-order valence-corrected chi connectivity index (χ2v) is 7.75. The van der Waals surface area contributed by atoms with Gasteiger partial charge in [-0.2, -0.15) is 0 Å². The zero-order valence-corrected chi connectivity index (χ0v) is 17.2. The molecule has 6 nitrogen and oxygen atoms in total. The normalized spacial score (nSPS) is 19.0. The van der Waals surface area contributed by atoms with Crippen LogP contribution in [0.1, 0.15) is 28.0 Å². The lowest BCUT2D eigenvalue weighted by atomic mass is 10.1. The molecule has 0 aliphatic carbocycles. The quantitative estimate of drug-likeness (QED) is 0.663. The van der Waals surface area contributed by atoms with Crippen molar-refractivity contribution in [1.29, 1.82) is 0 Å². The number of para-hydroxylation sites is 1. The predicted octanol–water partition coefficient (Wildman–Crippen LogP) is 3.09. The Hall–Kier alpha value is -3.25. The van der Waals surface area contributed by atoms with Gasteiger partial charge in [-0.05, 0) is 31.0 Å². The molecule has 30 heavy (non-hydrogen) atoms. The second-order valence-electron chi connectivity index (χ2n) is 7.75. The van der Waals surface area contributed by atoms with Crippen LogP contribution in [0.15, 0.2) is 60.7 Å². The van der Waals surface area contributed by atoms with Crippen molar-refractivity contribution in [1.82, 2.24) is 15.2 Å². The minimum absolute atomic E-state index is 0.153. The van der Waals surface area contributed by atoms with Gasteiger partial charge < -0.3 is 10.1 Å². The van der Waals surface area contributed by atoms with Crippen LogP contribution >= 0.6 is 0 Å². The monoisotopic (exact) mass is 403 g/mol. The number of amides is 1. The molecule has 0 bridgehead atoms. The Balaban J connectivity index is 1.48. The van der Waals surface area contributed by atoms with Crippen molar-refractivity contribution in [3.05, 3.63) is 77.5 Å². The van der Waals surface area contributed by atoms with Crippen molar-refractivity contribution in [3.8, 4) is 0 Å². The van der Waals surface area contributed by atoms with Crippen molar-refractivity contribution in [2.45, 2.75) is 32.0 Å². The Morgan fingerprint density at radius 1 is 1.13 bits per heavy atom. The topological polar surface area (TPSA) is 71.5 Å². The smallest absolute Gasteiger partial charge is 0.323 e. The Kier molecular flexibility index (Phi) is 5.77. The molecule has 1 aliphatic heterocycles. The first kappa shape index (κ1) is 20.0. The average Bonchev–Trinajstić information content (AvgIpc) is 3.14. The van der Waals surface area contributed by atoms with Crippen molar-refractivity contribution < 1.29 is 14.3 Å². The third-order valence-corrected chi connectivity index (χ3v) is 5.51. The molecule has 0 unspecified atom stereocenters. The summed E-state index contributed by atoms with van der Waals surface area (Å²) in [6.45, 7) is 3.25. The van der Waals surface area contributed by atoms with Crippen LogP contribution in [0.5, 0.6) is 0 Å². The van der Waals surface area contributed by atoms with Crippen LogP contribution in [0.25, 0.3) is 10.9 Å². The first-order valence-corrected chi connectivity index (χ1v) is 10.1.